The highest BCUT2D eigenvalue weighted by atomic mass is 16.1. The highest BCUT2D eigenvalue weighted by molar-refractivity contribution is 5.30. The number of nitrogens with one attached hydrogen (secondary N) is 1. The van der Waals surface area contributed by atoms with Crippen LogP contribution in [0.3, 0.4) is 0 Å². The van der Waals surface area contributed by atoms with Gasteiger partial charge >= 0.3 is 0 Å². The molecule has 0 spiro atoms. The Kier molecular flexibility index (Phi) is 3.50. The molecule has 1 aromatic rings. The molecule has 2 heterocycles. The van der Waals surface area contributed by atoms with Gasteiger partial charge in [0.2, 0.25) is 5.95 Å². The lowest BCUT2D eigenvalue weighted by atomic mass is 9.87. The summed E-state index contributed by atoms with van der Waals surface area (Å²) in [7, 11) is 0. The number of anilines is 1. The summed E-state index contributed by atoms with van der Waals surface area (Å²) in [6.45, 7) is 8.42. The minimum atomic E-state index is -0.0570. The molecular formula is C13H21N3O. The Morgan fingerprint density at radius 2 is 2.06 bits per heavy atom. The Balaban J connectivity index is 2.08. The van der Waals surface area contributed by atoms with Gasteiger partial charge in [-0.05, 0) is 31.6 Å². The van der Waals surface area contributed by atoms with E-state index in [4.69, 9.17) is 0 Å². The van der Waals surface area contributed by atoms with E-state index >= 15 is 0 Å². The van der Waals surface area contributed by atoms with Crippen molar-refractivity contribution in [2.45, 2.75) is 33.6 Å². The topological polar surface area (TPSA) is 49.0 Å². The molecule has 4 heteroatoms. The van der Waals surface area contributed by atoms with Crippen molar-refractivity contribution < 1.29 is 0 Å². The lowest BCUT2D eigenvalue weighted by molar-refractivity contribution is 0.310. The van der Waals surface area contributed by atoms with E-state index in [0.29, 0.717) is 0 Å². The number of aromatic amines is 1. The third-order valence-corrected chi connectivity index (χ3v) is 3.64. The molecule has 94 valence electrons. The molecule has 0 saturated carbocycles. The molecule has 0 aliphatic carbocycles. The van der Waals surface area contributed by atoms with Crippen LogP contribution < -0.4 is 10.5 Å². The van der Waals surface area contributed by atoms with Crippen LogP contribution in [0.1, 0.15) is 32.4 Å². The van der Waals surface area contributed by atoms with Crippen LogP contribution in [0.15, 0.2) is 10.9 Å². The Morgan fingerprint density at radius 3 is 2.59 bits per heavy atom. The van der Waals surface area contributed by atoms with Gasteiger partial charge in [0, 0.05) is 24.8 Å². The molecule has 1 aliphatic heterocycles. The van der Waals surface area contributed by atoms with E-state index in [9.17, 15) is 4.79 Å². The fourth-order valence-electron chi connectivity index (χ4n) is 2.49. The van der Waals surface area contributed by atoms with Gasteiger partial charge in [-0.2, -0.15) is 0 Å². The van der Waals surface area contributed by atoms with Crippen LogP contribution in [0, 0.1) is 18.8 Å². The predicted octanol–water partition coefficient (Wildman–Crippen LogP) is 1.95. The summed E-state index contributed by atoms with van der Waals surface area (Å²) < 4.78 is 0. The second-order valence-corrected chi connectivity index (χ2v) is 5.28. The van der Waals surface area contributed by atoms with Gasteiger partial charge in [-0.25, -0.2) is 4.98 Å². The average Bonchev–Trinajstić information content (AvgIpc) is 2.28. The molecule has 0 aromatic carbocycles. The van der Waals surface area contributed by atoms with Crippen molar-refractivity contribution in [3.05, 3.63) is 22.1 Å². The number of H-pyrrole nitrogens is 1. The number of nitrogens with zero attached hydrogens (tertiary/aromatic N) is 2. The first-order valence-electron chi connectivity index (χ1n) is 6.39. The maximum Gasteiger partial charge on any atom is 0.252 e. The van der Waals surface area contributed by atoms with Gasteiger partial charge in [0.1, 0.15) is 0 Å². The molecule has 17 heavy (non-hydrogen) atoms. The van der Waals surface area contributed by atoms with Crippen molar-refractivity contribution in [1.82, 2.24) is 9.97 Å². The lowest BCUT2D eigenvalue weighted by Gasteiger charge is -2.34. The minimum absolute atomic E-state index is 0.0570. The highest BCUT2D eigenvalue weighted by Crippen LogP contribution is 2.25. The summed E-state index contributed by atoms with van der Waals surface area (Å²) in [5, 5.41) is 0. The SMILES string of the molecule is Cc1cc(=O)[nH]c(N2CCC(C(C)C)CC2)n1. The van der Waals surface area contributed by atoms with Crippen LogP contribution in [0.5, 0.6) is 0 Å². The molecule has 1 saturated heterocycles. The zero-order chi connectivity index (χ0) is 12.4. The van der Waals surface area contributed by atoms with Gasteiger partial charge in [-0.1, -0.05) is 13.8 Å². The fourth-order valence-corrected chi connectivity index (χ4v) is 2.49. The van der Waals surface area contributed by atoms with Gasteiger partial charge < -0.3 is 4.90 Å². The number of rotatable bonds is 2. The number of hydrogen-bond donors (Lipinski definition) is 1. The molecular weight excluding hydrogens is 214 g/mol. The summed E-state index contributed by atoms with van der Waals surface area (Å²) in [5.74, 6) is 2.29. The first kappa shape index (κ1) is 12.1. The number of hydrogen-bond acceptors (Lipinski definition) is 3. The van der Waals surface area contributed by atoms with Crippen molar-refractivity contribution in [2.75, 3.05) is 18.0 Å². The molecule has 0 amide bonds. The van der Waals surface area contributed by atoms with Gasteiger partial charge in [0.05, 0.1) is 0 Å². The van der Waals surface area contributed by atoms with Crippen molar-refractivity contribution in [3.8, 4) is 0 Å². The minimum Gasteiger partial charge on any atom is -0.342 e. The molecule has 4 nitrogen and oxygen atoms in total. The summed E-state index contributed by atoms with van der Waals surface area (Å²) >= 11 is 0. The first-order valence-corrected chi connectivity index (χ1v) is 6.39. The second-order valence-electron chi connectivity index (χ2n) is 5.28. The van der Waals surface area contributed by atoms with Gasteiger partial charge in [-0.3, -0.25) is 9.78 Å². The predicted molar refractivity (Wildman–Crippen MR) is 69.4 cm³/mol. The van der Waals surface area contributed by atoms with E-state index in [2.05, 4.69) is 28.7 Å². The number of aryl methyl sites for hydroxylation is 1. The monoisotopic (exact) mass is 235 g/mol. The molecule has 1 aromatic heterocycles. The summed E-state index contributed by atoms with van der Waals surface area (Å²) in [6, 6.07) is 1.53. The average molecular weight is 235 g/mol. The van der Waals surface area contributed by atoms with E-state index in [0.717, 1.165) is 36.6 Å². The largest absolute Gasteiger partial charge is 0.342 e. The van der Waals surface area contributed by atoms with Crippen LogP contribution in [-0.4, -0.2) is 23.1 Å². The first-order chi connectivity index (χ1) is 8.06. The van der Waals surface area contributed by atoms with Gasteiger partial charge in [-0.15, -0.1) is 0 Å². The zero-order valence-electron chi connectivity index (χ0n) is 10.9. The molecule has 1 fully saturated rings. The Bertz CT molecular complexity index is 431. The smallest absolute Gasteiger partial charge is 0.252 e. The van der Waals surface area contributed by atoms with Gasteiger partial charge in [0.15, 0.2) is 0 Å². The molecule has 2 rings (SSSR count). The molecule has 1 N–H and O–H groups in total. The summed E-state index contributed by atoms with van der Waals surface area (Å²) in [4.78, 5) is 20.8. The van der Waals surface area contributed by atoms with Crippen LogP contribution in [0.2, 0.25) is 0 Å². The van der Waals surface area contributed by atoms with Crippen LogP contribution in [0.4, 0.5) is 5.95 Å². The van der Waals surface area contributed by atoms with E-state index in [1.54, 1.807) is 0 Å². The molecule has 0 unspecified atom stereocenters. The second kappa shape index (κ2) is 4.90. The molecule has 1 aliphatic rings. The van der Waals surface area contributed by atoms with Crippen LogP contribution in [-0.2, 0) is 0 Å². The Labute approximate surface area is 102 Å². The van der Waals surface area contributed by atoms with Crippen molar-refractivity contribution >= 4 is 5.95 Å². The highest BCUT2D eigenvalue weighted by Gasteiger charge is 2.22. The quantitative estimate of drug-likeness (QED) is 0.852. The molecule has 0 radical (unpaired) electrons. The van der Waals surface area contributed by atoms with Crippen molar-refractivity contribution in [1.29, 1.82) is 0 Å². The third-order valence-electron chi connectivity index (χ3n) is 3.64. The van der Waals surface area contributed by atoms with E-state index in [1.807, 2.05) is 6.92 Å². The van der Waals surface area contributed by atoms with Crippen molar-refractivity contribution in [3.63, 3.8) is 0 Å². The standard InChI is InChI=1S/C13H21N3O/c1-9(2)11-4-6-16(7-5-11)13-14-10(3)8-12(17)15-13/h8-9,11H,4-7H2,1-3H3,(H,14,15,17). The number of aromatic nitrogens is 2. The van der Waals surface area contributed by atoms with Crippen LogP contribution >= 0.6 is 0 Å². The van der Waals surface area contributed by atoms with Crippen LogP contribution in [0.25, 0.3) is 0 Å². The van der Waals surface area contributed by atoms with E-state index in [1.165, 1.54) is 18.9 Å². The maximum absolute atomic E-state index is 11.4. The maximum atomic E-state index is 11.4. The van der Waals surface area contributed by atoms with Gasteiger partial charge in [0.25, 0.3) is 5.56 Å². The number of piperidine rings is 1. The summed E-state index contributed by atoms with van der Waals surface area (Å²) in [5.41, 5.74) is 0.730. The fraction of sp³-hybridized carbons (Fsp3) is 0.692. The Hall–Kier alpha value is -1.32. The summed E-state index contributed by atoms with van der Waals surface area (Å²) in [6.07, 6.45) is 2.38. The zero-order valence-corrected chi connectivity index (χ0v) is 10.9. The normalized spacial score (nSPS) is 17.8. The molecule has 0 atom stereocenters. The van der Waals surface area contributed by atoms with Crippen molar-refractivity contribution in [2.24, 2.45) is 11.8 Å². The molecule has 0 bridgehead atoms. The third kappa shape index (κ3) is 2.87. The lowest BCUT2D eigenvalue weighted by Crippen LogP contribution is -2.37. The van der Waals surface area contributed by atoms with E-state index in [-0.39, 0.29) is 5.56 Å². The van der Waals surface area contributed by atoms with E-state index < -0.39 is 0 Å². The Morgan fingerprint density at radius 1 is 1.41 bits per heavy atom.